The lowest BCUT2D eigenvalue weighted by molar-refractivity contribution is -0.137. The zero-order valence-electron chi connectivity index (χ0n) is 26.5. The second-order valence-electron chi connectivity index (χ2n) is 14.0. The molecule has 41 heavy (non-hydrogen) atoms. The molecule has 226 valence electrons. The van der Waals surface area contributed by atoms with E-state index in [1.807, 2.05) is 26.0 Å². The highest BCUT2D eigenvalue weighted by Gasteiger charge is 2.46. The van der Waals surface area contributed by atoms with Crippen LogP contribution in [0, 0.1) is 17.3 Å². The molecule has 2 fully saturated rings. The summed E-state index contributed by atoms with van der Waals surface area (Å²) in [6, 6.07) is 19.4. The minimum Gasteiger partial charge on any atom is -0.497 e. The van der Waals surface area contributed by atoms with Crippen molar-refractivity contribution in [1.29, 1.82) is 0 Å². The van der Waals surface area contributed by atoms with Crippen molar-refractivity contribution in [2.45, 2.75) is 122 Å². The van der Waals surface area contributed by atoms with Crippen LogP contribution < -0.4 is 4.74 Å². The van der Waals surface area contributed by atoms with Crippen LogP contribution >= 0.6 is 0 Å². The van der Waals surface area contributed by atoms with Gasteiger partial charge in [0.15, 0.2) is 0 Å². The second-order valence-corrected chi connectivity index (χ2v) is 14.0. The molecular formula is C37H55NO3. The van der Waals surface area contributed by atoms with Crippen LogP contribution in [0.4, 0.5) is 0 Å². The van der Waals surface area contributed by atoms with Gasteiger partial charge in [-0.3, -0.25) is 4.79 Å². The summed E-state index contributed by atoms with van der Waals surface area (Å²) in [5.74, 6) is 1.68. The van der Waals surface area contributed by atoms with Crippen molar-refractivity contribution in [3.8, 4) is 5.75 Å². The Balaban J connectivity index is 1.62. The van der Waals surface area contributed by atoms with E-state index in [9.17, 15) is 9.90 Å². The lowest BCUT2D eigenvalue weighted by atomic mass is 9.57. The Morgan fingerprint density at radius 1 is 0.902 bits per heavy atom. The molecule has 0 spiro atoms. The molecule has 1 amide bonds. The van der Waals surface area contributed by atoms with E-state index in [2.05, 4.69) is 61.2 Å². The first kappa shape index (κ1) is 31.6. The molecule has 4 nitrogen and oxygen atoms in total. The molecule has 4 heteroatoms. The van der Waals surface area contributed by atoms with E-state index in [-0.39, 0.29) is 22.7 Å². The number of hydrogen-bond donors (Lipinski definition) is 1. The van der Waals surface area contributed by atoms with Crippen molar-refractivity contribution < 1.29 is 14.6 Å². The van der Waals surface area contributed by atoms with Gasteiger partial charge < -0.3 is 14.7 Å². The van der Waals surface area contributed by atoms with Gasteiger partial charge in [-0.2, -0.15) is 0 Å². The quantitative estimate of drug-likeness (QED) is 0.266. The molecule has 0 aliphatic heterocycles. The van der Waals surface area contributed by atoms with Crippen LogP contribution in [0.2, 0.25) is 0 Å². The fourth-order valence-electron chi connectivity index (χ4n) is 7.67. The van der Waals surface area contributed by atoms with Gasteiger partial charge in [0, 0.05) is 19.0 Å². The lowest BCUT2D eigenvalue weighted by Gasteiger charge is -2.50. The van der Waals surface area contributed by atoms with Crippen molar-refractivity contribution >= 4 is 5.91 Å². The fraction of sp³-hybridized carbons (Fsp3) is 0.649. The summed E-state index contributed by atoms with van der Waals surface area (Å²) in [4.78, 5) is 15.8. The second kappa shape index (κ2) is 13.8. The summed E-state index contributed by atoms with van der Waals surface area (Å²) < 4.78 is 5.37. The first-order chi connectivity index (χ1) is 19.6. The van der Waals surface area contributed by atoms with Crippen molar-refractivity contribution in [2.24, 2.45) is 17.3 Å². The normalized spacial score (nSPS) is 24.8. The van der Waals surface area contributed by atoms with E-state index in [1.165, 1.54) is 18.4 Å². The monoisotopic (exact) mass is 561 g/mol. The molecule has 2 aromatic rings. The maximum atomic E-state index is 13.7. The molecule has 0 bridgehead atoms. The molecule has 2 aromatic carbocycles. The van der Waals surface area contributed by atoms with Gasteiger partial charge in [-0.05, 0) is 97.8 Å². The summed E-state index contributed by atoms with van der Waals surface area (Å²) in [5.41, 5.74) is 2.30. The van der Waals surface area contributed by atoms with Gasteiger partial charge in [0.1, 0.15) is 5.75 Å². The topological polar surface area (TPSA) is 49.8 Å². The van der Waals surface area contributed by atoms with Crippen LogP contribution in [-0.4, -0.2) is 35.2 Å². The number of methoxy groups -OCH3 is 1. The van der Waals surface area contributed by atoms with Gasteiger partial charge in [-0.25, -0.2) is 0 Å². The van der Waals surface area contributed by atoms with Crippen LogP contribution in [-0.2, 0) is 16.8 Å². The molecule has 2 saturated carbocycles. The molecule has 2 aliphatic rings. The van der Waals surface area contributed by atoms with Crippen molar-refractivity contribution in [3.63, 3.8) is 0 Å². The molecule has 0 heterocycles. The minimum absolute atomic E-state index is 0.0169. The molecular weight excluding hydrogens is 506 g/mol. The lowest BCUT2D eigenvalue weighted by Crippen LogP contribution is -2.47. The Bertz CT molecular complexity index is 1080. The molecule has 0 radical (unpaired) electrons. The zero-order chi connectivity index (χ0) is 29.5. The van der Waals surface area contributed by atoms with Crippen molar-refractivity contribution in [3.05, 3.63) is 65.7 Å². The van der Waals surface area contributed by atoms with Crippen LogP contribution in [0.15, 0.2) is 54.6 Å². The number of amides is 1. The van der Waals surface area contributed by atoms with Gasteiger partial charge >= 0.3 is 0 Å². The molecule has 0 aromatic heterocycles. The number of carbonyl (C=O) groups excluding carboxylic acids is 1. The van der Waals surface area contributed by atoms with Crippen LogP contribution in [0.25, 0.3) is 0 Å². The Kier molecular flexibility index (Phi) is 10.6. The van der Waals surface area contributed by atoms with E-state index in [1.54, 1.807) is 7.11 Å². The molecule has 1 unspecified atom stereocenters. The predicted molar refractivity (Wildman–Crippen MR) is 169 cm³/mol. The third-order valence-corrected chi connectivity index (χ3v) is 10.6. The van der Waals surface area contributed by atoms with Gasteiger partial charge in [-0.15, -0.1) is 0 Å². The standard InChI is InChI=1S/C37H55NO3/c1-6-30(4)26-36(32-12-8-7-9-13-32)23-20-35(21-24-36,22-25-37(40)18-10-11-19-37)28-38(34(39)29(2)3)27-31-14-16-33(41-5)17-15-31/h7-9,12-17,29-30,40H,6,10-11,18-28H2,1-5H3/t30?,35-,36+. The van der Waals surface area contributed by atoms with E-state index >= 15 is 0 Å². The van der Waals surface area contributed by atoms with E-state index in [4.69, 9.17) is 4.74 Å². The summed E-state index contributed by atoms with van der Waals surface area (Å²) in [6.07, 6.45) is 12.8. The maximum absolute atomic E-state index is 13.7. The first-order valence-electron chi connectivity index (χ1n) is 16.3. The SMILES string of the molecule is CCC(C)C[C@]1(c2ccccc2)CC[C@@](CCC2(O)CCCC2)(CN(Cc2ccc(OC)cc2)C(=O)C(C)C)CC1. The number of rotatable bonds is 13. The Morgan fingerprint density at radius 3 is 2.10 bits per heavy atom. The highest BCUT2D eigenvalue weighted by Crippen LogP contribution is 2.53. The van der Waals surface area contributed by atoms with E-state index in [0.717, 1.165) is 82.1 Å². The maximum Gasteiger partial charge on any atom is 0.225 e. The van der Waals surface area contributed by atoms with Gasteiger partial charge in [0.05, 0.1) is 12.7 Å². The van der Waals surface area contributed by atoms with Gasteiger partial charge in [0.25, 0.3) is 0 Å². The average Bonchev–Trinajstić information content (AvgIpc) is 3.44. The smallest absolute Gasteiger partial charge is 0.225 e. The Labute approximate surface area is 249 Å². The highest BCUT2D eigenvalue weighted by molar-refractivity contribution is 5.78. The minimum atomic E-state index is -0.527. The number of benzene rings is 2. The Hall–Kier alpha value is -2.33. The summed E-state index contributed by atoms with van der Waals surface area (Å²) in [5, 5.41) is 11.4. The zero-order valence-corrected chi connectivity index (χ0v) is 26.5. The molecule has 4 rings (SSSR count). The number of aliphatic hydroxyl groups is 1. The van der Waals surface area contributed by atoms with Crippen LogP contribution in [0.5, 0.6) is 5.75 Å². The van der Waals surface area contributed by atoms with Gasteiger partial charge in [0.2, 0.25) is 5.91 Å². The number of carbonyl (C=O) groups is 1. The molecule has 0 saturated heterocycles. The fourth-order valence-corrected chi connectivity index (χ4v) is 7.67. The summed E-state index contributed by atoms with van der Waals surface area (Å²) >= 11 is 0. The third-order valence-electron chi connectivity index (χ3n) is 10.6. The molecule has 2 aliphatic carbocycles. The largest absolute Gasteiger partial charge is 0.497 e. The van der Waals surface area contributed by atoms with Gasteiger partial charge in [-0.1, -0.05) is 89.4 Å². The first-order valence-corrected chi connectivity index (χ1v) is 16.3. The predicted octanol–water partition coefficient (Wildman–Crippen LogP) is 8.70. The Morgan fingerprint density at radius 2 is 1.54 bits per heavy atom. The van der Waals surface area contributed by atoms with Crippen LogP contribution in [0.1, 0.15) is 116 Å². The van der Waals surface area contributed by atoms with Crippen molar-refractivity contribution in [1.82, 2.24) is 4.90 Å². The van der Waals surface area contributed by atoms with E-state index in [0.29, 0.717) is 12.5 Å². The highest BCUT2D eigenvalue weighted by atomic mass is 16.5. The summed E-state index contributed by atoms with van der Waals surface area (Å²) in [7, 11) is 1.69. The van der Waals surface area contributed by atoms with E-state index < -0.39 is 5.60 Å². The molecule has 1 N–H and O–H groups in total. The number of ether oxygens (including phenoxy) is 1. The number of nitrogens with zero attached hydrogens (tertiary/aromatic N) is 1. The molecule has 1 atom stereocenters. The third kappa shape index (κ3) is 7.95. The van der Waals surface area contributed by atoms with Crippen LogP contribution in [0.3, 0.4) is 0 Å². The number of hydrogen-bond acceptors (Lipinski definition) is 3. The van der Waals surface area contributed by atoms with Crippen molar-refractivity contribution in [2.75, 3.05) is 13.7 Å². The average molecular weight is 562 g/mol. The summed E-state index contributed by atoms with van der Waals surface area (Å²) in [6.45, 7) is 10.1.